The quantitative estimate of drug-likeness (QED) is 0.261. The van der Waals surface area contributed by atoms with Crippen LogP contribution >= 0.6 is 35.7 Å². The van der Waals surface area contributed by atoms with E-state index in [1.54, 1.807) is 0 Å². The average molecular weight is 453 g/mol. The van der Waals surface area contributed by atoms with Crippen LogP contribution in [-0.4, -0.2) is 46.1 Å². The van der Waals surface area contributed by atoms with Crippen LogP contribution in [-0.2, 0) is 6.54 Å². The van der Waals surface area contributed by atoms with Gasteiger partial charge < -0.3 is 15.2 Å². The molecule has 0 aromatic carbocycles. The molecule has 1 aromatic heterocycles. The van der Waals surface area contributed by atoms with Gasteiger partial charge in [-0.3, -0.25) is 4.99 Å². The van der Waals surface area contributed by atoms with Crippen LogP contribution in [0.4, 0.5) is 0 Å². The molecule has 0 aliphatic heterocycles. The first kappa shape index (κ1) is 22.6. The van der Waals surface area contributed by atoms with Gasteiger partial charge in [-0.15, -0.1) is 24.0 Å². The van der Waals surface area contributed by atoms with Gasteiger partial charge in [-0.05, 0) is 46.8 Å². The van der Waals surface area contributed by atoms with Crippen molar-refractivity contribution in [2.24, 2.45) is 4.99 Å². The normalized spacial score (nSPS) is 12.0. The number of rotatable bonds is 9. The highest BCUT2D eigenvalue weighted by Crippen LogP contribution is 2.20. The maximum atomic E-state index is 4.68. The van der Waals surface area contributed by atoms with Crippen molar-refractivity contribution < 1.29 is 0 Å². The minimum atomic E-state index is 0. The summed E-state index contributed by atoms with van der Waals surface area (Å²) in [6.45, 7) is 12.3. The largest absolute Gasteiger partial charge is 0.357 e. The lowest BCUT2D eigenvalue weighted by Gasteiger charge is -2.20. The van der Waals surface area contributed by atoms with Crippen LogP contribution in [0.3, 0.4) is 0 Å². The summed E-state index contributed by atoms with van der Waals surface area (Å²) in [4.78, 5) is 8.92. The summed E-state index contributed by atoms with van der Waals surface area (Å²) in [5.41, 5.74) is 0. The van der Waals surface area contributed by atoms with Gasteiger partial charge in [-0.2, -0.15) is 11.8 Å². The summed E-state index contributed by atoms with van der Waals surface area (Å²) < 4.78 is 2.38. The number of aryl methyl sites for hydroxylation is 2. The molecule has 23 heavy (non-hydrogen) atoms. The van der Waals surface area contributed by atoms with E-state index in [1.807, 2.05) is 31.1 Å². The van der Waals surface area contributed by atoms with E-state index < -0.39 is 0 Å². The second-order valence-electron chi connectivity index (χ2n) is 5.96. The van der Waals surface area contributed by atoms with E-state index in [0.29, 0.717) is 0 Å². The first-order valence-electron chi connectivity index (χ1n) is 8.03. The van der Waals surface area contributed by atoms with Crippen LogP contribution in [0.15, 0.2) is 17.4 Å². The molecule has 0 saturated carbocycles. The Balaban J connectivity index is 0.00000484. The molecule has 0 amide bonds. The predicted molar refractivity (Wildman–Crippen MR) is 113 cm³/mol. The van der Waals surface area contributed by atoms with Crippen LogP contribution in [0.2, 0.25) is 0 Å². The predicted octanol–water partition coefficient (Wildman–Crippen LogP) is 3.29. The lowest BCUT2D eigenvalue weighted by Crippen LogP contribution is -2.39. The number of aliphatic imine (C=N–C) groups is 1. The summed E-state index contributed by atoms with van der Waals surface area (Å²) in [5.74, 6) is 2.01. The molecule has 0 atom stereocenters. The van der Waals surface area contributed by atoms with Crippen molar-refractivity contribution in [1.29, 1.82) is 0 Å². The van der Waals surface area contributed by atoms with Gasteiger partial charge in [-0.1, -0.05) is 0 Å². The van der Waals surface area contributed by atoms with Crippen molar-refractivity contribution >= 4 is 41.7 Å². The lowest BCUT2D eigenvalue weighted by atomic mass is 10.2. The van der Waals surface area contributed by atoms with Gasteiger partial charge >= 0.3 is 0 Å². The second kappa shape index (κ2) is 12.0. The van der Waals surface area contributed by atoms with Crippen LogP contribution in [0.5, 0.6) is 0 Å². The standard InChI is InChI=1S/C16H31N5S.HI/c1-6-17-15(20-13-16(3,4)22-5)19-9-7-8-11-21-12-10-18-14(21)2;/h10,12H,6-9,11,13H2,1-5H3,(H2,17,19,20);1H. The highest BCUT2D eigenvalue weighted by Gasteiger charge is 2.15. The SMILES string of the molecule is CCNC(=NCC(C)(C)SC)NCCCCn1ccnc1C.I. The summed E-state index contributed by atoms with van der Waals surface area (Å²) >= 11 is 1.85. The summed E-state index contributed by atoms with van der Waals surface area (Å²) in [6.07, 6.45) is 8.29. The number of unbranched alkanes of at least 4 members (excludes halogenated alkanes) is 1. The zero-order valence-corrected chi connectivity index (χ0v) is 18.2. The molecule has 2 N–H and O–H groups in total. The van der Waals surface area contributed by atoms with Crippen molar-refractivity contribution in [1.82, 2.24) is 20.2 Å². The Morgan fingerprint density at radius 3 is 2.65 bits per heavy atom. The fraction of sp³-hybridized carbons (Fsp3) is 0.750. The number of imidazole rings is 1. The Morgan fingerprint density at radius 1 is 1.35 bits per heavy atom. The number of thioether (sulfide) groups is 1. The van der Waals surface area contributed by atoms with Crippen molar-refractivity contribution in [3.05, 3.63) is 18.2 Å². The zero-order chi connectivity index (χ0) is 16.4. The Bertz CT molecular complexity index is 459. The number of aromatic nitrogens is 2. The number of hydrogen-bond acceptors (Lipinski definition) is 3. The monoisotopic (exact) mass is 453 g/mol. The third-order valence-electron chi connectivity index (χ3n) is 3.56. The molecule has 0 unspecified atom stereocenters. The van der Waals surface area contributed by atoms with Gasteiger partial charge in [0.15, 0.2) is 5.96 Å². The number of nitrogens with one attached hydrogen (secondary N) is 2. The smallest absolute Gasteiger partial charge is 0.191 e. The summed E-state index contributed by atoms with van der Waals surface area (Å²) in [5, 5.41) is 6.72. The van der Waals surface area contributed by atoms with Gasteiger partial charge in [0.25, 0.3) is 0 Å². The van der Waals surface area contributed by atoms with E-state index in [9.17, 15) is 0 Å². The Kier molecular flexibility index (Phi) is 11.8. The molecule has 0 radical (unpaired) electrons. The molecule has 7 heteroatoms. The Morgan fingerprint density at radius 2 is 2.09 bits per heavy atom. The van der Waals surface area contributed by atoms with E-state index in [-0.39, 0.29) is 28.7 Å². The third kappa shape index (κ3) is 9.44. The molecule has 0 spiro atoms. The third-order valence-corrected chi connectivity index (χ3v) is 4.79. The number of nitrogens with zero attached hydrogens (tertiary/aromatic N) is 3. The molecule has 0 fully saturated rings. The van der Waals surface area contributed by atoms with Gasteiger partial charge in [-0.25, -0.2) is 4.98 Å². The molecule has 1 aromatic rings. The number of halogens is 1. The molecule has 1 rings (SSSR count). The molecule has 5 nitrogen and oxygen atoms in total. The van der Waals surface area contributed by atoms with Crippen LogP contribution < -0.4 is 10.6 Å². The number of hydrogen-bond donors (Lipinski definition) is 2. The molecule has 0 aliphatic carbocycles. The van der Waals surface area contributed by atoms with Crippen LogP contribution in [0, 0.1) is 6.92 Å². The van der Waals surface area contributed by atoms with Gasteiger partial charge in [0.1, 0.15) is 5.82 Å². The van der Waals surface area contributed by atoms with Crippen LogP contribution in [0.1, 0.15) is 39.4 Å². The first-order valence-corrected chi connectivity index (χ1v) is 9.26. The van der Waals surface area contributed by atoms with E-state index >= 15 is 0 Å². The second-order valence-corrected chi connectivity index (χ2v) is 7.47. The van der Waals surface area contributed by atoms with Gasteiger partial charge in [0.05, 0.1) is 6.54 Å². The lowest BCUT2D eigenvalue weighted by molar-refractivity contribution is 0.587. The number of guanidine groups is 1. The van der Waals surface area contributed by atoms with Gasteiger partial charge in [0, 0.05) is 36.8 Å². The minimum Gasteiger partial charge on any atom is -0.357 e. The fourth-order valence-electron chi connectivity index (χ4n) is 1.93. The average Bonchev–Trinajstić information content (AvgIpc) is 2.90. The fourth-order valence-corrected chi connectivity index (χ4v) is 2.12. The molecular formula is C16H32IN5S. The van der Waals surface area contributed by atoms with Crippen molar-refractivity contribution in [3.8, 4) is 0 Å². The Labute approximate surface area is 162 Å². The maximum Gasteiger partial charge on any atom is 0.191 e. The van der Waals surface area contributed by atoms with E-state index in [1.165, 1.54) is 0 Å². The molecule has 0 saturated heterocycles. The van der Waals surface area contributed by atoms with Crippen LogP contribution in [0.25, 0.3) is 0 Å². The maximum absolute atomic E-state index is 4.68. The van der Waals surface area contributed by atoms with Crippen molar-refractivity contribution in [3.63, 3.8) is 0 Å². The molecule has 0 aliphatic rings. The molecule has 134 valence electrons. The highest BCUT2D eigenvalue weighted by molar-refractivity contribution is 14.0. The van der Waals surface area contributed by atoms with E-state index in [4.69, 9.17) is 0 Å². The summed E-state index contributed by atoms with van der Waals surface area (Å²) in [6, 6.07) is 0. The zero-order valence-electron chi connectivity index (χ0n) is 15.1. The van der Waals surface area contributed by atoms with Crippen molar-refractivity contribution in [2.75, 3.05) is 25.9 Å². The molecular weight excluding hydrogens is 421 g/mol. The van der Waals surface area contributed by atoms with E-state index in [0.717, 1.165) is 50.8 Å². The van der Waals surface area contributed by atoms with E-state index in [2.05, 4.69) is 52.2 Å². The van der Waals surface area contributed by atoms with Crippen molar-refractivity contribution in [2.45, 2.75) is 51.8 Å². The summed E-state index contributed by atoms with van der Waals surface area (Å²) in [7, 11) is 0. The topological polar surface area (TPSA) is 54.2 Å². The first-order chi connectivity index (χ1) is 10.5. The molecule has 1 heterocycles. The molecule has 0 bridgehead atoms. The van der Waals surface area contributed by atoms with Gasteiger partial charge in [0.2, 0.25) is 0 Å². The highest BCUT2D eigenvalue weighted by atomic mass is 127. The minimum absolute atomic E-state index is 0. The Hall–Kier alpha value is -0.440.